The van der Waals surface area contributed by atoms with Crippen molar-refractivity contribution in [3.63, 3.8) is 0 Å². The van der Waals surface area contributed by atoms with Crippen LogP contribution in [0.3, 0.4) is 0 Å². The zero-order valence-corrected chi connectivity index (χ0v) is 5.82. The van der Waals surface area contributed by atoms with Gasteiger partial charge in [-0.05, 0) is 5.75 Å². The van der Waals surface area contributed by atoms with E-state index in [0.29, 0.717) is 5.75 Å². The third-order valence-corrected chi connectivity index (χ3v) is 1.75. The quantitative estimate of drug-likeness (QED) is 0.575. The Kier molecular flexibility index (Phi) is 5.59. The summed E-state index contributed by atoms with van der Waals surface area (Å²) in [7, 11) is 0. The lowest BCUT2D eigenvalue weighted by Crippen LogP contribution is -2.14. The van der Waals surface area contributed by atoms with Gasteiger partial charge in [0.15, 0.2) is 0 Å². The lowest BCUT2D eigenvalue weighted by Gasteiger charge is -2.02. The fourth-order valence-electron chi connectivity index (χ4n) is 0.307. The monoisotopic (exact) mass is 136 g/mol. The van der Waals surface area contributed by atoms with Crippen LogP contribution < -0.4 is 0 Å². The lowest BCUT2D eigenvalue weighted by molar-refractivity contribution is 0.113. The van der Waals surface area contributed by atoms with E-state index in [1.165, 1.54) is 0 Å². The molecule has 3 heteroatoms. The molecule has 0 fully saturated rings. The standard InChI is InChI=1S/C5H12O2S/c1-2-8-4-5(7)3-6/h5-7H,2-4H2,1H3/t5-/m1/s1. The summed E-state index contributed by atoms with van der Waals surface area (Å²) >= 11 is 1.63. The van der Waals surface area contributed by atoms with E-state index in [9.17, 15) is 0 Å². The van der Waals surface area contributed by atoms with Gasteiger partial charge in [0, 0.05) is 5.75 Å². The third-order valence-electron chi connectivity index (χ3n) is 0.725. The first kappa shape index (κ1) is 8.27. The number of aliphatic hydroxyl groups is 2. The van der Waals surface area contributed by atoms with Crippen LogP contribution in [0.2, 0.25) is 0 Å². The molecule has 0 spiro atoms. The second-order valence-corrected chi connectivity index (χ2v) is 2.81. The van der Waals surface area contributed by atoms with E-state index in [1.54, 1.807) is 11.8 Å². The van der Waals surface area contributed by atoms with E-state index in [0.717, 1.165) is 5.75 Å². The molecule has 0 saturated heterocycles. The number of hydrogen-bond acceptors (Lipinski definition) is 3. The predicted molar refractivity (Wildman–Crippen MR) is 36.1 cm³/mol. The molecular weight excluding hydrogens is 124 g/mol. The molecule has 0 aliphatic rings. The van der Waals surface area contributed by atoms with Crippen LogP contribution in [0.25, 0.3) is 0 Å². The molecule has 0 bridgehead atoms. The fraction of sp³-hybridized carbons (Fsp3) is 1.00. The van der Waals surface area contributed by atoms with E-state index in [1.807, 2.05) is 6.92 Å². The fourth-order valence-corrected chi connectivity index (χ4v) is 0.920. The molecule has 0 aromatic heterocycles. The van der Waals surface area contributed by atoms with Gasteiger partial charge in [-0.1, -0.05) is 6.92 Å². The second kappa shape index (κ2) is 5.41. The van der Waals surface area contributed by atoms with Crippen molar-refractivity contribution in [3.8, 4) is 0 Å². The maximum absolute atomic E-state index is 8.72. The van der Waals surface area contributed by atoms with Crippen LogP contribution in [0.5, 0.6) is 0 Å². The van der Waals surface area contributed by atoms with Gasteiger partial charge in [0.2, 0.25) is 0 Å². The number of hydrogen-bond donors (Lipinski definition) is 2. The summed E-state index contributed by atoms with van der Waals surface area (Å²) < 4.78 is 0. The number of rotatable bonds is 4. The molecule has 8 heavy (non-hydrogen) atoms. The Morgan fingerprint density at radius 1 is 1.62 bits per heavy atom. The van der Waals surface area contributed by atoms with E-state index in [4.69, 9.17) is 10.2 Å². The molecule has 0 aliphatic heterocycles. The van der Waals surface area contributed by atoms with Crippen molar-refractivity contribution in [3.05, 3.63) is 0 Å². The lowest BCUT2D eigenvalue weighted by atomic mass is 10.4. The first-order valence-electron chi connectivity index (χ1n) is 2.68. The first-order valence-corrected chi connectivity index (χ1v) is 3.83. The van der Waals surface area contributed by atoms with Crippen LogP contribution in [0.4, 0.5) is 0 Å². The molecule has 50 valence electrons. The highest BCUT2D eigenvalue weighted by atomic mass is 32.2. The van der Waals surface area contributed by atoms with Crippen molar-refractivity contribution in [1.82, 2.24) is 0 Å². The largest absolute Gasteiger partial charge is 0.394 e. The summed E-state index contributed by atoms with van der Waals surface area (Å²) in [6.45, 7) is 1.90. The minimum absolute atomic E-state index is 0.118. The van der Waals surface area contributed by atoms with Crippen molar-refractivity contribution >= 4 is 11.8 Å². The molecule has 0 saturated carbocycles. The van der Waals surface area contributed by atoms with Crippen LogP contribution in [0.15, 0.2) is 0 Å². The highest BCUT2D eigenvalue weighted by Gasteiger charge is 1.98. The molecule has 0 amide bonds. The average Bonchev–Trinajstić information content (AvgIpc) is 1.83. The smallest absolute Gasteiger partial charge is 0.0861 e. The minimum atomic E-state index is -0.528. The van der Waals surface area contributed by atoms with Crippen molar-refractivity contribution in [2.75, 3.05) is 18.1 Å². The molecule has 0 radical (unpaired) electrons. The van der Waals surface area contributed by atoms with Gasteiger partial charge in [0.05, 0.1) is 12.7 Å². The Bertz CT molecular complexity index is 49.7. The topological polar surface area (TPSA) is 40.5 Å². The van der Waals surface area contributed by atoms with Crippen molar-refractivity contribution < 1.29 is 10.2 Å². The van der Waals surface area contributed by atoms with Crippen molar-refractivity contribution in [2.24, 2.45) is 0 Å². The summed E-state index contributed by atoms with van der Waals surface area (Å²) in [5, 5.41) is 17.0. The summed E-state index contributed by atoms with van der Waals surface area (Å²) in [5.74, 6) is 1.64. The van der Waals surface area contributed by atoms with E-state index >= 15 is 0 Å². The van der Waals surface area contributed by atoms with Gasteiger partial charge in [0.25, 0.3) is 0 Å². The maximum atomic E-state index is 8.72. The van der Waals surface area contributed by atoms with Gasteiger partial charge in [-0.2, -0.15) is 11.8 Å². The molecule has 2 N–H and O–H groups in total. The summed E-state index contributed by atoms with van der Waals surface area (Å²) in [5.41, 5.74) is 0. The zero-order chi connectivity index (χ0) is 6.41. The average molecular weight is 136 g/mol. The Balaban J connectivity index is 2.86. The molecule has 0 heterocycles. The highest BCUT2D eigenvalue weighted by Crippen LogP contribution is 1.99. The maximum Gasteiger partial charge on any atom is 0.0861 e. The molecule has 0 aromatic carbocycles. The Hall–Kier alpha value is 0.270. The Labute approximate surface area is 53.9 Å². The van der Waals surface area contributed by atoms with Gasteiger partial charge >= 0.3 is 0 Å². The first-order chi connectivity index (χ1) is 3.81. The Morgan fingerprint density at radius 3 is 2.62 bits per heavy atom. The normalized spacial score (nSPS) is 13.9. The van der Waals surface area contributed by atoms with Crippen LogP contribution in [0.1, 0.15) is 6.92 Å². The third kappa shape index (κ3) is 4.43. The minimum Gasteiger partial charge on any atom is -0.394 e. The van der Waals surface area contributed by atoms with Gasteiger partial charge < -0.3 is 10.2 Å². The van der Waals surface area contributed by atoms with Crippen LogP contribution in [-0.4, -0.2) is 34.4 Å². The van der Waals surface area contributed by atoms with Gasteiger partial charge in [0.1, 0.15) is 0 Å². The van der Waals surface area contributed by atoms with Crippen molar-refractivity contribution in [2.45, 2.75) is 13.0 Å². The molecule has 2 nitrogen and oxygen atoms in total. The van der Waals surface area contributed by atoms with E-state index in [-0.39, 0.29) is 6.61 Å². The highest BCUT2D eigenvalue weighted by molar-refractivity contribution is 7.99. The van der Waals surface area contributed by atoms with E-state index < -0.39 is 6.10 Å². The van der Waals surface area contributed by atoms with Crippen LogP contribution >= 0.6 is 11.8 Å². The summed E-state index contributed by atoms with van der Waals surface area (Å²) in [6.07, 6.45) is -0.528. The van der Waals surface area contributed by atoms with Gasteiger partial charge in [-0.3, -0.25) is 0 Å². The van der Waals surface area contributed by atoms with Crippen molar-refractivity contribution in [1.29, 1.82) is 0 Å². The van der Waals surface area contributed by atoms with E-state index in [2.05, 4.69) is 0 Å². The molecule has 0 aliphatic carbocycles. The molecule has 0 aromatic rings. The zero-order valence-electron chi connectivity index (χ0n) is 5.00. The van der Waals surface area contributed by atoms with Crippen LogP contribution in [0, 0.1) is 0 Å². The molecule has 1 atom stereocenters. The second-order valence-electron chi connectivity index (χ2n) is 1.50. The summed E-state index contributed by atoms with van der Waals surface area (Å²) in [6, 6.07) is 0. The summed E-state index contributed by atoms with van der Waals surface area (Å²) in [4.78, 5) is 0. The van der Waals surface area contributed by atoms with Gasteiger partial charge in [-0.15, -0.1) is 0 Å². The number of aliphatic hydroxyl groups excluding tert-OH is 2. The molecular formula is C5H12O2S. The molecule has 0 unspecified atom stereocenters. The SMILES string of the molecule is CCSC[C@H](O)CO. The Morgan fingerprint density at radius 2 is 2.25 bits per heavy atom. The number of thioether (sulfide) groups is 1. The predicted octanol–water partition coefficient (Wildman–Crippen LogP) is 0.0927. The van der Waals surface area contributed by atoms with Gasteiger partial charge in [-0.25, -0.2) is 0 Å². The molecule has 0 rings (SSSR count). The van der Waals surface area contributed by atoms with Crippen LogP contribution in [-0.2, 0) is 0 Å².